The lowest BCUT2D eigenvalue weighted by molar-refractivity contribution is 0.0908. The van der Waals surface area contributed by atoms with Gasteiger partial charge in [-0.3, -0.25) is 4.79 Å². The molecule has 0 unspecified atom stereocenters. The number of ether oxygens (including phenoxy) is 1. The fourth-order valence-electron chi connectivity index (χ4n) is 2.75. The molecule has 0 radical (unpaired) electrons. The van der Waals surface area contributed by atoms with E-state index in [1.807, 2.05) is 70.2 Å². The van der Waals surface area contributed by atoms with Crippen LogP contribution in [0.4, 0.5) is 0 Å². The van der Waals surface area contributed by atoms with Crippen molar-refractivity contribution in [2.75, 3.05) is 7.11 Å². The average molecular weight is 282 g/mol. The van der Waals surface area contributed by atoms with E-state index in [-0.39, 0.29) is 5.78 Å². The maximum Gasteiger partial charge on any atom is 0.172 e. The molecule has 2 rings (SSSR count). The fraction of sp³-hybridized carbons (Fsp3) is 0.316. The molecule has 21 heavy (non-hydrogen) atoms. The van der Waals surface area contributed by atoms with E-state index in [9.17, 15) is 4.79 Å². The fourth-order valence-corrected chi connectivity index (χ4v) is 2.75. The van der Waals surface area contributed by atoms with Gasteiger partial charge >= 0.3 is 0 Å². The molecule has 0 aliphatic heterocycles. The van der Waals surface area contributed by atoms with Gasteiger partial charge in [-0.1, -0.05) is 30.3 Å². The molecule has 0 saturated heterocycles. The van der Waals surface area contributed by atoms with Crippen molar-refractivity contribution in [3.8, 4) is 5.75 Å². The van der Waals surface area contributed by atoms with Gasteiger partial charge in [0.2, 0.25) is 0 Å². The number of hydrogen-bond acceptors (Lipinski definition) is 2. The first-order valence-corrected chi connectivity index (χ1v) is 7.13. The van der Waals surface area contributed by atoms with Crippen LogP contribution in [0.2, 0.25) is 0 Å². The number of carbonyl (C=O) groups excluding carboxylic acids is 1. The number of hydrogen-bond donors (Lipinski definition) is 0. The van der Waals surface area contributed by atoms with Crippen LogP contribution in [0.1, 0.15) is 40.9 Å². The number of benzene rings is 2. The van der Waals surface area contributed by atoms with Gasteiger partial charge in [0.05, 0.1) is 12.5 Å². The molecule has 0 aromatic heterocycles. The predicted molar refractivity (Wildman–Crippen MR) is 86.3 cm³/mol. The highest BCUT2D eigenvalue weighted by atomic mass is 16.5. The minimum Gasteiger partial charge on any atom is -0.496 e. The van der Waals surface area contributed by atoms with Crippen molar-refractivity contribution in [1.29, 1.82) is 0 Å². The van der Waals surface area contributed by atoms with Crippen molar-refractivity contribution >= 4 is 5.78 Å². The van der Waals surface area contributed by atoms with Gasteiger partial charge in [0, 0.05) is 5.56 Å². The van der Waals surface area contributed by atoms with Crippen molar-refractivity contribution in [3.63, 3.8) is 0 Å². The summed E-state index contributed by atoms with van der Waals surface area (Å²) in [5, 5.41) is 0. The highest BCUT2D eigenvalue weighted by Crippen LogP contribution is 2.31. The Morgan fingerprint density at radius 2 is 1.52 bits per heavy atom. The molecule has 0 aliphatic rings. The van der Waals surface area contributed by atoms with E-state index in [0.717, 1.165) is 28.0 Å². The maximum atomic E-state index is 12.9. The predicted octanol–water partition coefficient (Wildman–Crippen LogP) is 4.47. The Morgan fingerprint density at radius 1 is 1.00 bits per heavy atom. The number of methoxy groups -OCH3 is 1. The molecule has 0 bridgehead atoms. The van der Waals surface area contributed by atoms with Crippen molar-refractivity contribution in [2.24, 2.45) is 0 Å². The molecule has 2 aromatic rings. The van der Waals surface area contributed by atoms with Crippen LogP contribution in [0, 0.1) is 13.8 Å². The second-order valence-corrected chi connectivity index (χ2v) is 5.96. The molecule has 2 aromatic carbocycles. The van der Waals surface area contributed by atoms with Crippen LogP contribution in [0.15, 0.2) is 42.5 Å². The molecule has 0 spiro atoms. The molecular formula is C19H22O2. The van der Waals surface area contributed by atoms with Crippen LogP contribution >= 0.6 is 0 Å². The Bertz CT molecular complexity index is 632. The summed E-state index contributed by atoms with van der Waals surface area (Å²) in [4.78, 5) is 12.9. The standard InChI is InChI=1S/C19H22O2/c1-13-11-15(12-14(2)17(13)21-5)18(20)19(3,4)16-9-7-6-8-10-16/h6-12H,1-5H3. The van der Waals surface area contributed by atoms with Crippen LogP contribution in [0.5, 0.6) is 5.75 Å². The van der Waals surface area contributed by atoms with Crippen molar-refractivity contribution < 1.29 is 9.53 Å². The summed E-state index contributed by atoms with van der Waals surface area (Å²) >= 11 is 0. The number of carbonyl (C=O) groups is 1. The van der Waals surface area contributed by atoms with Crippen LogP contribution in [0.3, 0.4) is 0 Å². The molecule has 110 valence electrons. The number of aryl methyl sites for hydroxylation is 2. The molecule has 0 fully saturated rings. The van der Waals surface area contributed by atoms with Gasteiger partial charge in [-0.25, -0.2) is 0 Å². The lowest BCUT2D eigenvalue weighted by Gasteiger charge is -2.24. The highest BCUT2D eigenvalue weighted by molar-refractivity contribution is 6.04. The second kappa shape index (κ2) is 5.72. The van der Waals surface area contributed by atoms with Crippen molar-refractivity contribution in [1.82, 2.24) is 0 Å². The number of rotatable bonds is 4. The third-order valence-corrected chi connectivity index (χ3v) is 3.99. The molecule has 2 nitrogen and oxygen atoms in total. The first-order chi connectivity index (χ1) is 9.87. The minimum atomic E-state index is -0.547. The van der Waals surface area contributed by atoms with Crippen LogP contribution in [-0.4, -0.2) is 12.9 Å². The molecule has 0 aliphatic carbocycles. The molecule has 0 atom stereocenters. The van der Waals surface area contributed by atoms with E-state index in [2.05, 4.69) is 0 Å². The van der Waals surface area contributed by atoms with Crippen LogP contribution < -0.4 is 4.74 Å². The summed E-state index contributed by atoms with van der Waals surface area (Å²) in [6, 6.07) is 13.7. The zero-order valence-corrected chi connectivity index (χ0v) is 13.4. The smallest absolute Gasteiger partial charge is 0.172 e. The lowest BCUT2D eigenvalue weighted by atomic mass is 9.77. The zero-order chi connectivity index (χ0) is 15.6. The van der Waals surface area contributed by atoms with E-state index in [4.69, 9.17) is 4.74 Å². The Morgan fingerprint density at radius 3 is 2.00 bits per heavy atom. The summed E-state index contributed by atoms with van der Waals surface area (Å²) in [5.74, 6) is 0.978. The highest BCUT2D eigenvalue weighted by Gasteiger charge is 2.31. The number of ketones is 1. The van der Waals surface area contributed by atoms with Gasteiger partial charge in [0.1, 0.15) is 5.75 Å². The van der Waals surface area contributed by atoms with Gasteiger partial charge in [0.15, 0.2) is 5.78 Å². The second-order valence-electron chi connectivity index (χ2n) is 5.96. The normalized spacial score (nSPS) is 11.3. The minimum absolute atomic E-state index is 0.127. The summed E-state index contributed by atoms with van der Waals surface area (Å²) in [7, 11) is 1.66. The van der Waals surface area contributed by atoms with E-state index in [0.29, 0.717) is 0 Å². The van der Waals surface area contributed by atoms with Crippen LogP contribution in [-0.2, 0) is 5.41 Å². The topological polar surface area (TPSA) is 26.3 Å². The third-order valence-electron chi connectivity index (χ3n) is 3.99. The molecule has 0 saturated carbocycles. The largest absolute Gasteiger partial charge is 0.496 e. The van der Waals surface area contributed by atoms with Gasteiger partial charge in [-0.05, 0) is 56.5 Å². The quantitative estimate of drug-likeness (QED) is 0.773. The van der Waals surface area contributed by atoms with Gasteiger partial charge in [-0.15, -0.1) is 0 Å². The van der Waals surface area contributed by atoms with Gasteiger partial charge in [0.25, 0.3) is 0 Å². The van der Waals surface area contributed by atoms with Crippen LogP contribution in [0.25, 0.3) is 0 Å². The molecule has 0 amide bonds. The van der Waals surface area contributed by atoms with E-state index in [1.54, 1.807) is 7.11 Å². The molecule has 0 heterocycles. The first kappa shape index (κ1) is 15.3. The SMILES string of the molecule is COc1c(C)cc(C(=O)C(C)(C)c2ccccc2)cc1C. The van der Waals surface area contributed by atoms with Crippen molar-refractivity contribution in [3.05, 3.63) is 64.7 Å². The zero-order valence-electron chi connectivity index (χ0n) is 13.4. The maximum absolute atomic E-state index is 12.9. The Labute approximate surface area is 126 Å². The lowest BCUT2D eigenvalue weighted by Crippen LogP contribution is -2.29. The first-order valence-electron chi connectivity index (χ1n) is 7.13. The van der Waals surface area contributed by atoms with E-state index < -0.39 is 5.41 Å². The Balaban J connectivity index is 2.45. The number of Topliss-reactive ketones (excluding diaryl/α,β-unsaturated/α-hetero) is 1. The van der Waals surface area contributed by atoms with E-state index >= 15 is 0 Å². The van der Waals surface area contributed by atoms with E-state index in [1.165, 1.54) is 0 Å². The summed E-state index contributed by atoms with van der Waals surface area (Å²) < 4.78 is 5.37. The van der Waals surface area contributed by atoms with Gasteiger partial charge < -0.3 is 4.74 Å². The summed E-state index contributed by atoms with van der Waals surface area (Å²) in [6.45, 7) is 7.88. The monoisotopic (exact) mass is 282 g/mol. The summed E-state index contributed by atoms with van der Waals surface area (Å²) in [5.41, 5.74) is 3.20. The third kappa shape index (κ3) is 2.85. The Hall–Kier alpha value is -2.09. The average Bonchev–Trinajstić information content (AvgIpc) is 2.47. The van der Waals surface area contributed by atoms with Crippen molar-refractivity contribution in [2.45, 2.75) is 33.1 Å². The molecular weight excluding hydrogens is 260 g/mol. The molecule has 2 heteroatoms. The summed E-state index contributed by atoms with van der Waals surface area (Å²) in [6.07, 6.45) is 0. The molecule has 0 N–H and O–H groups in total. The van der Waals surface area contributed by atoms with Gasteiger partial charge in [-0.2, -0.15) is 0 Å². The Kier molecular flexibility index (Phi) is 4.17.